The summed E-state index contributed by atoms with van der Waals surface area (Å²) in [4.78, 5) is 13.9. The van der Waals surface area contributed by atoms with Crippen LogP contribution in [0.2, 0.25) is 10.0 Å². The van der Waals surface area contributed by atoms with Gasteiger partial charge >= 0.3 is 0 Å². The van der Waals surface area contributed by atoms with Crippen LogP contribution in [0.4, 0.5) is 0 Å². The number of nitrogens with zero attached hydrogens (tertiary/aromatic N) is 1. The summed E-state index contributed by atoms with van der Waals surface area (Å²) in [6.07, 6.45) is 0.220. The van der Waals surface area contributed by atoms with E-state index in [-0.39, 0.29) is 24.4 Å². The van der Waals surface area contributed by atoms with E-state index in [9.17, 15) is 4.79 Å². The number of benzene rings is 1. The van der Waals surface area contributed by atoms with E-state index in [0.717, 1.165) is 6.42 Å². The molecule has 0 spiro atoms. The van der Waals surface area contributed by atoms with Gasteiger partial charge in [0.25, 0.3) is 5.91 Å². The lowest BCUT2D eigenvalue weighted by molar-refractivity contribution is -0.136. The molecule has 1 aromatic carbocycles. The Morgan fingerprint density at radius 2 is 2.20 bits per heavy atom. The standard InChI is InChI=1S/C13H16Cl2N2O2.ClH/c1-8(13(18)17-6-5-9(16)7-17)19-11-4-2-3-10(14)12(11)15;/h2-4,8-9H,5-7,16H2,1H3;1H/t8?,9-;/m1./s1. The molecule has 4 nitrogen and oxygen atoms in total. The van der Waals surface area contributed by atoms with Crippen LogP contribution in [0.1, 0.15) is 13.3 Å². The molecular weight excluding hydrogens is 323 g/mol. The minimum Gasteiger partial charge on any atom is -0.479 e. The molecule has 2 atom stereocenters. The quantitative estimate of drug-likeness (QED) is 0.921. The zero-order valence-electron chi connectivity index (χ0n) is 11.0. The highest BCUT2D eigenvalue weighted by Crippen LogP contribution is 2.32. The zero-order chi connectivity index (χ0) is 14.0. The van der Waals surface area contributed by atoms with Crippen molar-refractivity contribution in [3.63, 3.8) is 0 Å². The first-order chi connectivity index (χ1) is 8.99. The molecule has 20 heavy (non-hydrogen) atoms. The van der Waals surface area contributed by atoms with Crippen LogP contribution in [0.5, 0.6) is 5.75 Å². The average molecular weight is 340 g/mol. The van der Waals surface area contributed by atoms with Crippen molar-refractivity contribution in [2.24, 2.45) is 5.73 Å². The van der Waals surface area contributed by atoms with Crippen molar-refractivity contribution in [2.45, 2.75) is 25.5 Å². The summed E-state index contributed by atoms with van der Waals surface area (Å²) in [6.45, 7) is 2.95. The van der Waals surface area contributed by atoms with Gasteiger partial charge in [-0.25, -0.2) is 0 Å². The summed E-state index contributed by atoms with van der Waals surface area (Å²) in [7, 11) is 0. The lowest BCUT2D eigenvalue weighted by Gasteiger charge is -2.22. The van der Waals surface area contributed by atoms with Gasteiger partial charge in [-0.15, -0.1) is 12.4 Å². The first kappa shape index (κ1) is 17.4. The van der Waals surface area contributed by atoms with Gasteiger partial charge in [-0.1, -0.05) is 29.3 Å². The Hall–Kier alpha value is -0.680. The Kier molecular flexibility index (Phi) is 6.40. The van der Waals surface area contributed by atoms with Gasteiger partial charge in [0.05, 0.1) is 5.02 Å². The normalized spacial score (nSPS) is 19.4. The molecule has 1 saturated heterocycles. The molecule has 0 bridgehead atoms. The molecule has 112 valence electrons. The Labute approximate surface area is 134 Å². The van der Waals surface area contributed by atoms with Gasteiger partial charge in [0.1, 0.15) is 10.8 Å². The highest BCUT2D eigenvalue weighted by molar-refractivity contribution is 6.42. The maximum absolute atomic E-state index is 12.2. The van der Waals surface area contributed by atoms with Crippen LogP contribution in [-0.2, 0) is 4.79 Å². The second-order valence-electron chi connectivity index (χ2n) is 4.65. The Balaban J connectivity index is 0.00000200. The van der Waals surface area contributed by atoms with Crippen LogP contribution in [0.3, 0.4) is 0 Å². The molecule has 0 saturated carbocycles. The molecule has 0 aromatic heterocycles. The molecule has 7 heteroatoms. The monoisotopic (exact) mass is 338 g/mol. The summed E-state index contributed by atoms with van der Waals surface area (Å²) < 4.78 is 5.59. The molecule has 1 unspecified atom stereocenters. The number of nitrogens with two attached hydrogens (primary N) is 1. The Morgan fingerprint density at radius 1 is 1.50 bits per heavy atom. The second kappa shape index (κ2) is 7.36. The van der Waals surface area contributed by atoms with Gasteiger partial charge in [0.2, 0.25) is 0 Å². The van der Waals surface area contributed by atoms with Gasteiger partial charge in [-0.3, -0.25) is 4.79 Å². The molecule has 1 amide bonds. The average Bonchev–Trinajstić information content (AvgIpc) is 2.80. The van der Waals surface area contributed by atoms with Crippen molar-refractivity contribution >= 4 is 41.5 Å². The molecule has 1 fully saturated rings. The first-order valence-corrected chi connectivity index (χ1v) is 6.89. The van der Waals surface area contributed by atoms with Crippen LogP contribution in [0.15, 0.2) is 18.2 Å². The largest absolute Gasteiger partial charge is 0.479 e. The van der Waals surface area contributed by atoms with E-state index in [4.69, 9.17) is 33.7 Å². The Morgan fingerprint density at radius 3 is 2.80 bits per heavy atom. The van der Waals surface area contributed by atoms with Crippen LogP contribution in [0, 0.1) is 0 Å². The third-order valence-corrected chi connectivity index (χ3v) is 3.91. The molecule has 1 heterocycles. The van der Waals surface area contributed by atoms with Gasteiger partial charge in [0, 0.05) is 19.1 Å². The lowest BCUT2D eigenvalue weighted by Crippen LogP contribution is -2.40. The van der Waals surface area contributed by atoms with Crippen LogP contribution in [-0.4, -0.2) is 36.0 Å². The van der Waals surface area contributed by atoms with E-state index in [1.54, 1.807) is 30.0 Å². The minimum atomic E-state index is -0.610. The van der Waals surface area contributed by atoms with Crippen LogP contribution < -0.4 is 10.5 Å². The first-order valence-electron chi connectivity index (χ1n) is 6.14. The van der Waals surface area contributed by atoms with E-state index in [1.165, 1.54) is 0 Å². The summed E-state index contributed by atoms with van der Waals surface area (Å²) in [6, 6.07) is 5.15. The van der Waals surface area contributed by atoms with E-state index in [2.05, 4.69) is 0 Å². The molecule has 2 N–H and O–H groups in total. The number of carbonyl (C=O) groups is 1. The lowest BCUT2D eigenvalue weighted by atomic mass is 10.3. The fourth-order valence-electron chi connectivity index (χ4n) is 2.06. The van der Waals surface area contributed by atoms with Gasteiger partial charge in [0.15, 0.2) is 6.10 Å². The summed E-state index contributed by atoms with van der Waals surface area (Å²) in [5.41, 5.74) is 5.79. The number of ether oxygens (including phenoxy) is 1. The SMILES string of the molecule is CC(Oc1cccc(Cl)c1Cl)C(=O)N1CC[C@@H](N)C1.Cl. The van der Waals surface area contributed by atoms with Crippen molar-refractivity contribution < 1.29 is 9.53 Å². The van der Waals surface area contributed by atoms with Crippen molar-refractivity contribution in [2.75, 3.05) is 13.1 Å². The van der Waals surface area contributed by atoms with Crippen LogP contribution >= 0.6 is 35.6 Å². The fraction of sp³-hybridized carbons (Fsp3) is 0.462. The van der Waals surface area contributed by atoms with Crippen molar-refractivity contribution in [1.82, 2.24) is 4.90 Å². The maximum atomic E-state index is 12.2. The highest BCUT2D eigenvalue weighted by Gasteiger charge is 2.28. The van der Waals surface area contributed by atoms with E-state index in [1.807, 2.05) is 0 Å². The van der Waals surface area contributed by atoms with Crippen molar-refractivity contribution in [3.8, 4) is 5.75 Å². The second-order valence-corrected chi connectivity index (χ2v) is 5.43. The van der Waals surface area contributed by atoms with E-state index in [0.29, 0.717) is 28.9 Å². The summed E-state index contributed by atoms with van der Waals surface area (Å²) in [5.74, 6) is 0.336. The van der Waals surface area contributed by atoms with Gasteiger partial charge in [-0.05, 0) is 25.5 Å². The van der Waals surface area contributed by atoms with E-state index < -0.39 is 6.10 Å². The van der Waals surface area contributed by atoms with E-state index >= 15 is 0 Å². The summed E-state index contributed by atoms with van der Waals surface area (Å²) >= 11 is 11.9. The van der Waals surface area contributed by atoms with Crippen molar-refractivity contribution in [1.29, 1.82) is 0 Å². The summed E-state index contributed by atoms with van der Waals surface area (Å²) in [5, 5.41) is 0.726. The molecule has 1 aliphatic rings. The van der Waals surface area contributed by atoms with Gasteiger partial charge in [-0.2, -0.15) is 0 Å². The maximum Gasteiger partial charge on any atom is 0.263 e. The highest BCUT2D eigenvalue weighted by atomic mass is 35.5. The van der Waals surface area contributed by atoms with Gasteiger partial charge < -0.3 is 15.4 Å². The minimum absolute atomic E-state index is 0. The predicted molar refractivity (Wildman–Crippen MR) is 83.0 cm³/mol. The zero-order valence-corrected chi connectivity index (χ0v) is 13.3. The molecule has 0 aliphatic carbocycles. The number of likely N-dealkylation sites (tertiary alicyclic amines) is 1. The molecular formula is C13H17Cl3N2O2. The number of rotatable bonds is 3. The number of carbonyl (C=O) groups excluding carboxylic acids is 1. The smallest absolute Gasteiger partial charge is 0.263 e. The van der Waals surface area contributed by atoms with Crippen molar-refractivity contribution in [3.05, 3.63) is 28.2 Å². The third-order valence-electron chi connectivity index (χ3n) is 3.10. The predicted octanol–water partition coefficient (Wildman–Crippen LogP) is 2.74. The fourth-order valence-corrected chi connectivity index (χ4v) is 2.40. The molecule has 1 aromatic rings. The Bertz CT molecular complexity index is 485. The third kappa shape index (κ3) is 3.92. The topological polar surface area (TPSA) is 55.6 Å². The number of halogens is 3. The number of hydrogen-bond donors (Lipinski definition) is 1. The van der Waals surface area contributed by atoms with Crippen LogP contribution in [0.25, 0.3) is 0 Å². The molecule has 0 radical (unpaired) electrons. The molecule has 2 rings (SSSR count). The number of amides is 1. The number of hydrogen-bond acceptors (Lipinski definition) is 3. The molecule has 1 aliphatic heterocycles.